The number of hydrogen-bond acceptors (Lipinski definition) is 12. The number of rotatable bonds is 16. The van der Waals surface area contributed by atoms with E-state index in [2.05, 4.69) is 38.0 Å². The molecule has 2 aliphatic heterocycles. The molecule has 0 spiro atoms. The van der Waals surface area contributed by atoms with Gasteiger partial charge in [-0.1, -0.05) is 74.0 Å². The molecule has 16 heteroatoms. The van der Waals surface area contributed by atoms with Crippen LogP contribution < -0.4 is 15.4 Å². The van der Waals surface area contributed by atoms with Crippen molar-refractivity contribution in [1.29, 1.82) is 0 Å². The van der Waals surface area contributed by atoms with Crippen LogP contribution in [0.4, 0.5) is 0 Å². The maximum absolute atomic E-state index is 13.9. The van der Waals surface area contributed by atoms with Gasteiger partial charge >= 0.3 is 11.9 Å². The molecule has 336 valence electrons. The van der Waals surface area contributed by atoms with Gasteiger partial charge in [0, 0.05) is 57.6 Å². The molecule has 3 aromatic rings. The average Bonchev–Trinajstić information content (AvgIpc) is 3.89. The Kier molecular flexibility index (Phi) is 16.8. The highest BCUT2D eigenvalue weighted by molar-refractivity contribution is 6.32. The number of benzene rings is 2. The Morgan fingerprint density at radius 3 is 2.45 bits per heavy atom. The van der Waals surface area contributed by atoms with Crippen LogP contribution in [-0.2, 0) is 64.2 Å². The van der Waals surface area contributed by atoms with E-state index in [-0.39, 0.29) is 55.6 Å². The van der Waals surface area contributed by atoms with Gasteiger partial charge in [-0.2, -0.15) is 0 Å². The molecule has 6 atom stereocenters. The zero-order valence-electron chi connectivity index (χ0n) is 37.0. The lowest BCUT2D eigenvalue weighted by Crippen LogP contribution is -2.51. The van der Waals surface area contributed by atoms with E-state index in [9.17, 15) is 24.0 Å². The number of esters is 2. The van der Waals surface area contributed by atoms with E-state index in [0.29, 0.717) is 42.4 Å². The summed E-state index contributed by atoms with van der Waals surface area (Å²) in [6.45, 7) is 12.4. The number of carbonyl (C=O) groups is 5. The zero-order valence-corrected chi connectivity index (χ0v) is 37.8. The number of carbonyl (C=O) groups excluding carboxylic acids is 5. The number of Topliss-reactive ketones (excluding diaryl/α,β-unsaturated/α-hetero) is 1. The molecule has 0 saturated carbocycles. The first-order chi connectivity index (χ1) is 29.4. The third-order valence-corrected chi connectivity index (χ3v) is 11.3. The second kappa shape index (κ2) is 21.8. The van der Waals surface area contributed by atoms with Crippen molar-refractivity contribution in [2.45, 2.75) is 124 Å². The highest BCUT2D eigenvalue weighted by Crippen LogP contribution is 2.45. The molecule has 5 rings (SSSR count). The van der Waals surface area contributed by atoms with Crippen molar-refractivity contribution >= 4 is 41.1 Å². The predicted octanol–water partition coefficient (Wildman–Crippen LogP) is 5.72. The summed E-state index contributed by atoms with van der Waals surface area (Å²) in [6, 6.07) is 12.3. The molecule has 3 heterocycles. The summed E-state index contributed by atoms with van der Waals surface area (Å²) in [5.74, 6) is -2.09. The molecule has 1 saturated heterocycles. The predicted molar refractivity (Wildman–Crippen MR) is 232 cm³/mol. The molecule has 0 radical (unpaired) electrons. The topological polar surface area (TPSA) is 184 Å². The van der Waals surface area contributed by atoms with Gasteiger partial charge < -0.3 is 34.4 Å². The van der Waals surface area contributed by atoms with Crippen LogP contribution in [0.25, 0.3) is 0 Å². The van der Waals surface area contributed by atoms with Crippen molar-refractivity contribution < 1.29 is 42.9 Å². The molecular formula is C46H61ClN6O9. The third-order valence-electron chi connectivity index (χ3n) is 11.0. The van der Waals surface area contributed by atoms with Gasteiger partial charge in [0.15, 0.2) is 6.10 Å². The van der Waals surface area contributed by atoms with Crippen LogP contribution in [0.2, 0.25) is 5.02 Å². The van der Waals surface area contributed by atoms with Gasteiger partial charge in [0.2, 0.25) is 11.8 Å². The van der Waals surface area contributed by atoms with Crippen LogP contribution in [0.5, 0.6) is 5.75 Å². The molecule has 2 amide bonds. The fraction of sp³-hybridized carbons (Fsp3) is 0.543. The van der Waals surface area contributed by atoms with Gasteiger partial charge in [-0.05, 0) is 81.5 Å². The molecule has 0 aliphatic carbocycles. The summed E-state index contributed by atoms with van der Waals surface area (Å²) in [6.07, 6.45) is 4.14. The van der Waals surface area contributed by atoms with Gasteiger partial charge in [-0.15, -0.1) is 5.10 Å². The molecule has 1 fully saturated rings. The Morgan fingerprint density at radius 1 is 1.05 bits per heavy atom. The summed E-state index contributed by atoms with van der Waals surface area (Å²) in [5.41, 5.74) is 2.38. The number of hydrogen-bond donors (Lipinski definition) is 2. The summed E-state index contributed by atoms with van der Waals surface area (Å²) in [4.78, 5) is 67.8. The van der Waals surface area contributed by atoms with Crippen LogP contribution in [0.3, 0.4) is 0 Å². The first-order valence-corrected chi connectivity index (χ1v) is 21.6. The number of amides is 2. The Labute approximate surface area is 369 Å². The third kappa shape index (κ3) is 13.9. The largest absolute Gasteiger partial charge is 0.495 e. The number of cyclic esters (lactones) is 2. The highest BCUT2D eigenvalue weighted by Gasteiger charge is 2.48. The minimum Gasteiger partial charge on any atom is -0.495 e. The number of nitrogens with zero attached hydrogens (tertiary/aromatic N) is 4. The maximum atomic E-state index is 13.9. The maximum Gasteiger partial charge on any atom is 0.347 e. The molecule has 15 nitrogen and oxygen atoms in total. The molecule has 2 aliphatic rings. The minimum atomic E-state index is -1.23. The number of ether oxygens (including phenoxy) is 4. The number of aromatic nitrogens is 3. The fourth-order valence-electron chi connectivity index (χ4n) is 7.29. The summed E-state index contributed by atoms with van der Waals surface area (Å²) < 4.78 is 25.3. The second-order valence-corrected chi connectivity index (χ2v) is 18.0. The molecule has 62 heavy (non-hydrogen) atoms. The Morgan fingerprint density at radius 2 is 1.77 bits per heavy atom. The average molecular weight is 877 g/mol. The number of aryl methyl sites for hydroxylation is 1. The highest BCUT2D eigenvalue weighted by atomic mass is 35.5. The molecule has 1 aromatic heterocycles. The van der Waals surface area contributed by atoms with Crippen molar-refractivity contribution in [2.75, 3.05) is 20.7 Å². The lowest BCUT2D eigenvalue weighted by molar-refractivity contribution is -0.179. The lowest BCUT2D eigenvalue weighted by atomic mass is 9.92. The normalized spacial score (nSPS) is 23.2. The lowest BCUT2D eigenvalue weighted by Gasteiger charge is -2.29. The number of methoxy groups -OCH3 is 1. The second-order valence-electron chi connectivity index (χ2n) is 17.5. The standard InChI is InChI=1S/C46H61ClN6O9/c1-28(2)21-39-44(57)60-37(12-9-13-40(55)49-36(23-32-16-19-38(59-8)35(47)22-32)43(56)48-27-46(5,6)45(58)61-39)30(4)41-42(62-41)33-17-14-31(15-18-33)24-52(7)25-34-26-53(51-50-34)20-10-11-29(3)54/h9,13-19,22,26,28,30,36-37,39,41-42H,10-12,20-21,23-25,27H2,1-8H3,(H,48,56)(H,49,55)/b13-9+/t30-,36+,37-,39-,41+,42+/m0/s1. The van der Waals surface area contributed by atoms with Crippen LogP contribution in [0.15, 0.2) is 60.8 Å². The number of ketones is 1. The van der Waals surface area contributed by atoms with Crippen LogP contribution in [-0.4, -0.2) is 94.5 Å². The van der Waals surface area contributed by atoms with Crippen molar-refractivity contribution in [2.24, 2.45) is 17.3 Å². The minimum absolute atomic E-state index is 0.00984. The molecule has 2 N–H and O–H groups in total. The van der Waals surface area contributed by atoms with Crippen molar-refractivity contribution in [3.05, 3.63) is 88.2 Å². The number of nitrogens with one attached hydrogen (secondary N) is 2. The molecular weight excluding hydrogens is 816 g/mol. The summed E-state index contributed by atoms with van der Waals surface area (Å²) in [5, 5.41) is 14.4. The quantitative estimate of drug-likeness (QED) is 0.132. The Balaban J connectivity index is 1.28. The van der Waals surface area contributed by atoms with Crippen LogP contribution >= 0.6 is 11.6 Å². The van der Waals surface area contributed by atoms with E-state index >= 15 is 0 Å². The summed E-state index contributed by atoms with van der Waals surface area (Å²) >= 11 is 6.37. The summed E-state index contributed by atoms with van der Waals surface area (Å²) in [7, 11) is 3.52. The van der Waals surface area contributed by atoms with E-state index in [0.717, 1.165) is 23.2 Å². The SMILES string of the molecule is COc1ccc(C[C@H]2NC(=O)/C=C/C[C@@H]([C@H](C)[C@H]3O[C@@H]3c3ccc(CN(C)Cc4cn(CCCC(C)=O)nn4)cc3)OC(=O)[C@H](CC(C)C)OC(=O)C(C)(C)CNC2=O)cc1Cl. The zero-order chi connectivity index (χ0) is 45.1. The van der Waals surface area contributed by atoms with Crippen molar-refractivity contribution in [1.82, 2.24) is 30.5 Å². The Hall–Kier alpha value is -5.12. The van der Waals surface area contributed by atoms with Crippen molar-refractivity contribution in [3.8, 4) is 5.75 Å². The van der Waals surface area contributed by atoms with Gasteiger partial charge in [0.1, 0.15) is 29.8 Å². The fourth-order valence-corrected chi connectivity index (χ4v) is 7.57. The van der Waals surface area contributed by atoms with E-state index < -0.39 is 47.4 Å². The van der Waals surface area contributed by atoms with Crippen molar-refractivity contribution in [3.63, 3.8) is 0 Å². The van der Waals surface area contributed by atoms with E-state index in [4.69, 9.17) is 30.5 Å². The van der Waals surface area contributed by atoms with E-state index in [1.54, 1.807) is 49.7 Å². The van der Waals surface area contributed by atoms with Gasteiger partial charge in [-0.25, -0.2) is 4.79 Å². The number of epoxide rings is 1. The smallest absolute Gasteiger partial charge is 0.347 e. The molecule has 0 unspecified atom stereocenters. The van der Waals surface area contributed by atoms with Crippen LogP contribution in [0, 0.1) is 17.3 Å². The number of halogens is 1. The van der Waals surface area contributed by atoms with E-state index in [1.165, 1.54) is 13.2 Å². The van der Waals surface area contributed by atoms with Gasteiger partial charge in [0.05, 0.1) is 29.3 Å². The van der Waals surface area contributed by atoms with Gasteiger partial charge in [-0.3, -0.25) is 24.0 Å². The van der Waals surface area contributed by atoms with E-state index in [1.807, 2.05) is 46.1 Å². The first-order valence-electron chi connectivity index (χ1n) is 21.2. The molecule has 2 aromatic carbocycles. The first kappa shape index (κ1) is 47.9. The monoisotopic (exact) mass is 876 g/mol. The molecule has 0 bridgehead atoms. The van der Waals surface area contributed by atoms with Gasteiger partial charge in [0.25, 0.3) is 0 Å². The van der Waals surface area contributed by atoms with Crippen LogP contribution in [0.1, 0.15) is 95.7 Å². The Bertz CT molecular complexity index is 2070.